The maximum absolute atomic E-state index is 12.9. The molecule has 142 valence electrons. The fourth-order valence-electron chi connectivity index (χ4n) is 3.90. The second kappa shape index (κ2) is 7.13. The first kappa shape index (κ1) is 17.7. The Bertz CT molecular complexity index is 833. The fourth-order valence-corrected chi connectivity index (χ4v) is 3.90. The fraction of sp³-hybridized carbons (Fsp3) is 0.500. The Labute approximate surface area is 158 Å². The zero-order valence-electron chi connectivity index (χ0n) is 15.7. The summed E-state index contributed by atoms with van der Waals surface area (Å²) in [6.45, 7) is 5.45. The molecule has 7 nitrogen and oxygen atoms in total. The third kappa shape index (κ3) is 3.46. The Morgan fingerprint density at radius 2 is 2.15 bits per heavy atom. The molecule has 0 saturated carbocycles. The minimum absolute atomic E-state index is 0.0127. The molecule has 5 heterocycles. The number of hydrogen-bond donors (Lipinski definition) is 0. The molecule has 0 N–H and O–H groups in total. The zero-order chi connectivity index (χ0) is 19.0. The first-order valence-electron chi connectivity index (χ1n) is 9.49. The van der Waals surface area contributed by atoms with E-state index < -0.39 is 0 Å². The van der Waals surface area contributed by atoms with Gasteiger partial charge in [-0.1, -0.05) is 25.1 Å². The summed E-state index contributed by atoms with van der Waals surface area (Å²) < 4.78 is 5.28. The minimum Gasteiger partial charge on any atom is -0.360 e. The summed E-state index contributed by atoms with van der Waals surface area (Å²) in [5.74, 6) is 0.678. The van der Waals surface area contributed by atoms with Gasteiger partial charge in [0.1, 0.15) is 5.76 Å². The van der Waals surface area contributed by atoms with Crippen molar-refractivity contribution in [2.45, 2.75) is 45.2 Å². The van der Waals surface area contributed by atoms with Gasteiger partial charge in [0, 0.05) is 37.3 Å². The lowest BCUT2D eigenvalue weighted by Crippen LogP contribution is -2.47. The van der Waals surface area contributed by atoms with Crippen LogP contribution < -0.4 is 0 Å². The third-order valence-corrected chi connectivity index (χ3v) is 5.46. The van der Waals surface area contributed by atoms with Crippen LogP contribution in [-0.4, -0.2) is 50.9 Å². The Kier molecular flexibility index (Phi) is 4.68. The highest BCUT2D eigenvalue weighted by Gasteiger charge is 2.42. The van der Waals surface area contributed by atoms with Crippen LogP contribution in [0.25, 0.3) is 0 Å². The highest BCUT2D eigenvalue weighted by atomic mass is 16.5. The van der Waals surface area contributed by atoms with Crippen molar-refractivity contribution in [2.75, 3.05) is 13.1 Å². The van der Waals surface area contributed by atoms with Crippen molar-refractivity contribution < 1.29 is 14.1 Å². The maximum atomic E-state index is 12.9. The Morgan fingerprint density at radius 1 is 1.30 bits per heavy atom. The topological polar surface area (TPSA) is 79.5 Å². The Balaban J connectivity index is 1.53. The molecular formula is C20H24N4O3. The van der Waals surface area contributed by atoms with E-state index in [1.807, 2.05) is 36.9 Å². The monoisotopic (exact) mass is 368 g/mol. The van der Waals surface area contributed by atoms with E-state index in [1.165, 1.54) is 0 Å². The van der Waals surface area contributed by atoms with Crippen molar-refractivity contribution in [3.63, 3.8) is 0 Å². The van der Waals surface area contributed by atoms with Crippen molar-refractivity contribution in [3.05, 3.63) is 47.6 Å². The zero-order valence-corrected chi connectivity index (χ0v) is 15.7. The van der Waals surface area contributed by atoms with Crippen molar-refractivity contribution in [2.24, 2.45) is 5.92 Å². The van der Waals surface area contributed by atoms with Gasteiger partial charge in [-0.15, -0.1) is 0 Å². The molecule has 27 heavy (non-hydrogen) atoms. The molecule has 3 fully saturated rings. The van der Waals surface area contributed by atoms with Crippen LogP contribution in [0.1, 0.15) is 54.5 Å². The van der Waals surface area contributed by atoms with Gasteiger partial charge in [0.25, 0.3) is 5.91 Å². The van der Waals surface area contributed by atoms with Crippen LogP contribution in [0.3, 0.4) is 0 Å². The smallest absolute Gasteiger partial charge is 0.276 e. The summed E-state index contributed by atoms with van der Waals surface area (Å²) in [6.07, 6.45) is 3.47. The van der Waals surface area contributed by atoms with Crippen LogP contribution in [0.5, 0.6) is 0 Å². The molecule has 0 spiro atoms. The molecular weight excluding hydrogens is 344 g/mol. The molecule has 3 aliphatic rings. The summed E-state index contributed by atoms with van der Waals surface area (Å²) in [7, 11) is 0. The molecule has 3 saturated heterocycles. The first-order chi connectivity index (χ1) is 13.0. The number of nitrogens with zero attached hydrogens (tertiary/aromatic N) is 4. The van der Waals surface area contributed by atoms with Crippen LogP contribution in [0.15, 0.2) is 35.0 Å². The quantitative estimate of drug-likeness (QED) is 0.828. The predicted molar refractivity (Wildman–Crippen MR) is 97.8 cm³/mol. The average Bonchev–Trinajstić information content (AvgIpc) is 3.02. The predicted octanol–water partition coefficient (Wildman–Crippen LogP) is 2.46. The standard InChI is InChI=1S/C20H24N4O3/c1-13(2)18-9-17(22-27-18)20(26)23-10-14-6-7-16(12-23)24(19(14)25)11-15-5-3-4-8-21-15/h3-5,8-9,13-14,16H,6-7,10-12H2,1-2H3/t14-,16+/m0/s1. The number of pyridine rings is 1. The lowest BCUT2D eigenvalue weighted by molar-refractivity contribution is -0.140. The Hall–Kier alpha value is -2.70. The van der Waals surface area contributed by atoms with Crippen LogP contribution in [0.4, 0.5) is 0 Å². The summed E-state index contributed by atoms with van der Waals surface area (Å²) in [4.78, 5) is 33.9. The number of rotatable bonds is 4. The van der Waals surface area contributed by atoms with Gasteiger partial charge in [-0.3, -0.25) is 14.6 Å². The first-order valence-corrected chi connectivity index (χ1v) is 9.49. The average molecular weight is 368 g/mol. The number of amides is 2. The number of aromatic nitrogens is 2. The van der Waals surface area contributed by atoms with Gasteiger partial charge in [-0.05, 0) is 25.0 Å². The van der Waals surface area contributed by atoms with Gasteiger partial charge in [-0.25, -0.2) is 0 Å². The number of fused-ring (bicyclic) bond motifs is 4. The Morgan fingerprint density at radius 3 is 2.85 bits per heavy atom. The van der Waals surface area contributed by atoms with Gasteiger partial charge >= 0.3 is 0 Å². The van der Waals surface area contributed by atoms with Gasteiger partial charge < -0.3 is 14.3 Å². The number of hydrogen-bond acceptors (Lipinski definition) is 5. The van der Waals surface area contributed by atoms with E-state index in [-0.39, 0.29) is 29.7 Å². The van der Waals surface area contributed by atoms with Gasteiger partial charge in [0.15, 0.2) is 5.69 Å². The highest BCUT2D eigenvalue weighted by molar-refractivity contribution is 5.93. The summed E-state index contributed by atoms with van der Waals surface area (Å²) >= 11 is 0. The summed E-state index contributed by atoms with van der Waals surface area (Å²) in [5.41, 5.74) is 1.19. The third-order valence-electron chi connectivity index (χ3n) is 5.46. The van der Waals surface area contributed by atoms with E-state index in [0.717, 1.165) is 18.5 Å². The molecule has 0 unspecified atom stereocenters. The van der Waals surface area contributed by atoms with Crippen molar-refractivity contribution >= 4 is 11.8 Å². The molecule has 3 aliphatic heterocycles. The number of piperidine rings is 1. The van der Waals surface area contributed by atoms with Gasteiger partial charge in [0.05, 0.1) is 18.2 Å². The maximum Gasteiger partial charge on any atom is 0.276 e. The van der Waals surface area contributed by atoms with Gasteiger partial charge in [-0.2, -0.15) is 0 Å². The van der Waals surface area contributed by atoms with Crippen molar-refractivity contribution in [1.29, 1.82) is 0 Å². The molecule has 0 aliphatic carbocycles. The minimum atomic E-state index is -0.159. The van der Waals surface area contributed by atoms with Crippen LogP contribution in [0, 0.1) is 5.92 Å². The molecule has 2 aromatic heterocycles. The molecule has 2 bridgehead atoms. The van der Waals surface area contributed by atoms with E-state index in [4.69, 9.17) is 4.52 Å². The molecule has 5 rings (SSSR count). The number of carbonyl (C=O) groups is 2. The lowest BCUT2D eigenvalue weighted by atomic mass is 9.94. The molecule has 7 heteroatoms. The van der Waals surface area contributed by atoms with E-state index >= 15 is 0 Å². The van der Waals surface area contributed by atoms with E-state index in [0.29, 0.717) is 31.1 Å². The van der Waals surface area contributed by atoms with Crippen molar-refractivity contribution in [1.82, 2.24) is 19.9 Å². The van der Waals surface area contributed by atoms with E-state index in [9.17, 15) is 9.59 Å². The van der Waals surface area contributed by atoms with E-state index in [2.05, 4.69) is 10.1 Å². The second-order valence-electron chi connectivity index (χ2n) is 7.69. The van der Waals surface area contributed by atoms with Crippen LogP contribution >= 0.6 is 0 Å². The summed E-state index contributed by atoms with van der Waals surface area (Å²) in [5, 5.41) is 3.94. The molecule has 2 atom stereocenters. The van der Waals surface area contributed by atoms with Crippen LogP contribution in [0.2, 0.25) is 0 Å². The summed E-state index contributed by atoms with van der Waals surface area (Å²) in [6, 6.07) is 7.45. The molecule has 2 amide bonds. The molecule has 2 aromatic rings. The highest BCUT2D eigenvalue weighted by Crippen LogP contribution is 2.31. The van der Waals surface area contributed by atoms with E-state index in [1.54, 1.807) is 17.2 Å². The lowest BCUT2D eigenvalue weighted by Gasteiger charge is -2.35. The van der Waals surface area contributed by atoms with Crippen molar-refractivity contribution in [3.8, 4) is 0 Å². The van der Waals surface area contributed by atoms with Crippen LogP contribution in [-0.2, 0) is 11.3 Å². The van der Waals surface area contributed by atoms with Gasteiger partial charge in [0.2, 0.25) is 5.91 Å². The molecule has 0 radical (unpaired) electrons. The normalized spacial score (nSPS) is 22.4. The SMILES string of the molecule is CC(C)c1cc(C(=O)N2C[C@@H]3CC[C@H](C2)N(Cc2ccccn2)C3=O)no1. The molecule has 0 aromatic carbocycles. The number of carbonyl (C=O) groups excluding carboxylic acids is 2. The largest absolute Gasteiger partial charge is 0.360 e. The second-order valence-corrected chi connectivity index (χ2v) is 7.69.